The number of hydrogen-bond acceptors (Lipinski definition) is 3. The fraction of sp³-hybridized carbons (Fsp3) is 0.800. The van der Waals surface area contributed by atoms with Gasteiger partial charge in [0.1, 0.15) is 11.7 Å². The lowest BCUT2D eigenvalue weighted by Crippen LogP contribution is -2.58. The maximum atomic E-state index is 12.5. The van der Waals surface area contributed by atoms with Crippen LogP contribution in [0.2, 0.25) is 0 Å². The highest BCUT2D eigenvalue weighted by Crippen LogP contribution is 2.57. The van der Waals surface area contributed by atoms with Crippen LogP contribution in [0, 0.1) is 17.8 Å². The molecule has 21 heavy (non-hydrogen) atoms. The second-order valence-electron chi connectivity index (χ2n) is 6.70. The fourth-order valence-corrected chi connectivity index (χ4v) is 4.66. The molecule has 4 bridgehead atoms. The first kappa shape index (κ1) is 14.9. The van der Waals surface area contributed by atoms with E-state index in [2.05, 4.69) is 6.58 Å². The van der Waals surface area contributed by atoms with Gasteiger partial charge in [0.2, 0.25) is 0 Å². The van der Waals surface area contributed by atoms with E-state index >= 15 is 0 Å². The second-order valence-corrected chi connectivity index (χ2v) is 6.70. The van der Waals surface area contributed by atoms with E-state index in [4.69, 9.17) is 9.47 Å². The average molecular weight is 304 g/mol. The standard InChI is InChI=1S/C15H19F3O3/c1-8(15(16,17)18)13(19)21-12-10-3-9-4-11(12)7-14(5-9,6-10)20-2/h9-12H,1,3-7H2,2H3. The van der Waals surface area contributed by atoms with Crippen molar-refractivity contribution in [3.8, 4) is 0 Å². The first-order valence-electron chi connectivity index (χ1n) is 7.26. The van der Waals surface area contributed by atoms with Gasteiger partial charge in [-0.25, -0.2) is 4.79 Å². The third-order valence-corrected chi connectivity index (χ3v) is 5.40. The molecular formula is C15H19F3O3. The minimum absolute atomic E-state index is 0.112. The summed E-state index contributed by atoms with van der Waals surface area (Å²) in [6, 6.07) is 0. The summed E-state index contributed by atoms with van der Waals surface area (Å²) in [4.78, 5) is 11.7. The van der Waals surface area contributed by atoms with Crippen LogP contribution in [0.15, 0.2) is 12.2 Å². The van der Waals surface area contributed by atoms with E-state index in [1.54, 1.807) is 7.11 Å². The zero-order valence-corrected chi connectivity index (χ0v) is 11.9. The molecule has 4 rings (SSSR count). The van der Waals surface area contributed by atoms with Gasteiger partial charge in [0.25, 0.3) is 0 Å². The molecule has 0 amide bonds. The van der Waals surface area contributed by atoms with Gasteiger partial charge in [0.15, 0.2) is 0 Å². The van der Waals surface area contributed by atoms with Crippen molar-refractivity contribution in [3.05, 3.63) is 12.2 Å². The van der Waals surface area contributed by atoms with Crippen molar-refractivity contribution in [1.82, 2.24) is 0 Å². The van der Waals surface area contributed by atoms with Gasteiger partial charge in [-0.05, 0) is 49.9 Å². The van der Waals surface area contributed by atoms with Crippen molar-refractivity contribution < 1.29 is 27.4 Å². The number of hydrogen-bond donors (Lipinski definition) is 0. The summed E-state index contributed by atoms with van der Waals surface area (Å²) in [7, 11) is 1.69. The largest absolute Gasteiger partial charge is 0.458 e. The molecule has 0 aromatic heterocycles. The monoisotopic (exact) mass is 304 g/mol. The Labute approximate surface area is 121 Å². The normalized spacial score (nSPS) is 41.1. The van der Waals surface area contributed by atoms with Crippen LogP contribution in [0.25, 0.3) is 0 Å². The first-order chi connectivity index (χ1) is 9.74. The molecule has 118 valence electrons. The predicted octanol–water partition coefficient (Wildman–Crippen LogP) is 3.24. The summed E-state index contributed by atoms with van der Waals surface area (Å²) in [6.07, 6.45) is -0.754. The van der Waals surface area contributed by atoms with Crippen LogP contribution in [0.1, 0.15) is 32.1 Å². The minimum Gasteiger partial charge on any atom is -0.458 e. The van der Waals surface area contributed by atoms with Crippen molar-refractivity contribution in [2.45, 2.75) is 50.0 Å². The van der Waals surface area contributed by atoms with Crippen LogP contribution in [0.3, 0.4) is 0 Å². The number of halogens is 3. The zero-order valence-electron chi connectivity index (χ0n) is 11.9. The molecule has 4 aliphatic carbocycles. The van der Waals surface area contributed by atoms with Crippen LogP contribution in [-0.2, 0) is 14.3 Å². The SMILES string of the molecule is C=C(C(=O)OC1C2CC3CC1CC(OC)(C3)C2)C(F)(F)F. The summed E-state index contributed by atoms with van der Waals surface area (Å²) >= 11 is 0. The van der Waals surface area contributed by atoms with Gasteiger partial charge in [-0.3, -0.25) is 0 Å². The quantitative estimate of drug-likeness (QED) is 0.593. The Morgan fingerprint density at radius 2 is 1.76 bits per heavy atom. The average Bonchev–Trinajstić information content (AvgIpc) is 2.40. The molecule has 3 nitrogen and oxygen atoms in total. The first-order valence-corrected chi connectivity index (χ1v) is 7.26. The van der Waals surface area contributed by atoms with Crippen molar-refractivity contribution in [1.29, 1.82) is 0 Å². The predicted molar refractivity (Wildman–Crippen MR) is 68.4 cm³/mol. The molecule has 2 unspecified atom stereocenters. The summed E-state index contributed by atoms with van der Waals surface area (Å²) in [5.74, 6) is -0.558. The lowest BCUT2D eigenvalue weighted by atomic mass is 9.53. The zero-order chi connectivity index (χ0) is 15.4. The lowest BCUT2D eigenvalue weighted by Gasteiger charge is -2.58. The van der Waals surface area contributed by atoms with E-state index in [9.17, 15) is 18.0 Å². The molecule has 4 fully saturated rings. The van der Waals surface area contributed by atoms with Crippen molar-refractivity contribution in [3.63, 3.8) is 0 Å². The highest BCUT2D eigenvalue weighted by molar-refractivity contribution is 5.89. The number of rotatable bonds is 3. The molecule has 4 saturated carbocycles. The smallest absolute Gasteiger partial charge is 0.422 e. The van der Waals surface area contributed by atoms with Gasteiger partial charge in [-0.2, -0.15) is 13.2 Å². The molecule has 6 heteroatoms. The summed E-state index contributed by atoms with van der Waals surface area (Å²) in [5, 5.41) is 0. The molecule has 0 aromatic carbocycles. The van der Waals surface area contributed by atoms with E-state index in [0.29, 0.717) is 5.92 Å². The van der Waals surface area contributed by atoms with Crippen LogP contribution >= 0.6 is 0 Å². The Morgan fingerprint density at radius 3 is 2.24 bits per heavy atom. The number of alkyl halides is 3. The Bertz CT molecular complexity index is 455. The number of ether oxygens (including phenoxy) is 2. The fourth-order valence-electron chi connectivity index (χ4n) is 4.66. The molecule has 0 radical (unpaired) electrons. The highest BCUT2D eigenvalue weighted by Gasteiger charge is 2.57. The van der Waals surface area contributed by atoms with Crippen LogP contribution in [0.5, 0.6) is 0 Å². The minimum atomic E-state index is -4.73. The van der Waals surface area contributed by atoms with Gasteiger partial charge < -0.3 is 9.47 Å². The summed E-state index contributed by atoms with van der Waals surface area (Å²) in [5.41, 5.74) is -1.57. The summed E-state index contributed by atoms with van der Waals surface area (Å²) < 4.78 is 48.4. The maximum Gasteiger partial charge on any atom is 0.422 e. The van der Waals surface area contributed by atoms with E-state index < -0.39 is 23.8 Å². The van der Waals surface area contributed by atoms with Gasteiger partial charge in [-0.15, -0.1) is 0 Å². The molecule has 0 N–H and O–H groups in total. The Balaban J connectivity index is 1.71. The lowest BCUT2D eigenvalue weighted by molar-refractivity contribution is -0.207. The second kappa shape index (κ2) is 4.73. The molecule has 0 aliphatic heterocycles. The Morgan fingerprint density at radius 1 is 1.19 bits per heavy atom. The molecule has 2 atom stereocenters. The molecule has 0 heterocycles. The van der Waals surface area contributed by atoms with Crippen molar-refractivity contribution >= 4 is 5.97 Å². The Kier molecular flexibility index (Phi) is 3.35. The van der Waals surface area contributed by atoms with Gasteiger partial charge >= 0.3 is 12.1 Å². The highest BCUT2D eigenvalue weighted by atomic mass is 19.4. The Hall–Kier alpha value is -1.04. The summed E-state index contributed by atoms with van der Waals surface area (Å²) in [6.45, 7) is 2.81. The number of methoxy groups -OCH3 is 1. The third-order valence-electron chi connectivity index (χ3n) is 5.40. The van der Waals surface area contributed by atoms with Crippen LogP contribution in [0.4, 0.5) is 13.2 Å². The van der Waals surface area contributed by atoms with Crippen molar-refractivity contribution in [2.75, 3.05) is 7.11 Å². The molecule has 4 aliphatic rings. The van der Waals surface area contributed by atoms with Gasteiger partial charge in [0, 0.05) is 7.11 Å². The van der Waals surface area contributed by atoms with E-state index in [1.165, 1.54) is 0 Å². The van der Waals surface area contributed by atoms with Crippen molar-refractivity contribution in [2.24, 2.45) is 17.8 Å². The molecule has 0 saturated heterocycles. The van der Waals surface area contributed by atoms with E-state index in [1.807, 2.05) is 0 Å². The number of carbonyl (C=O) groups excluding carboxylic acids is 1. The van der Waals surface area contributed by atoms with Crippen LogP contribution < -0.4 is 0 Å². The van der Waals surface area contributed by atoms with Gasteiger partial charge in [-0.1, -0.05) is 6.58 Å². The van der Waals surface area contributed by atoms with Gasteiger partial charge in [0.05, 0.1) is 5.60 Å². The molecule has 0 aromatic rings. The maximum absolute atomic E-state index is 12.5. The van der Waals surface area contributed by atoms with Crippen LogP contribution in [-0.4, -0.2) is 31.0 Å². The number of esters is 1. The van der Waals surface area contributed by atoms with E-state index in [0.717, 1.165) is 32.1 Å². The molecular weight excluding hydrogens is 285 g/mol. The third kappa shape index (κ3) is 2.47. The topological polar surface area (TPSA) is 35.5 Å². The molecule has 0 spiro atoms. The number of carbonyl (C=O) groups is 1. The van der Waals surface area contributed by atoms with E-state index in [-0.39, 0.29) is 17.4 Å².